The number of hydrogen-bond donors (Lipinski definition) is 2. The van der Waals surface area contributed by atoms with Crippen LogP contribution in [0.4, 0.5) is 0 Å². The third-order valence-corrected chi connectivity index (χ3v) is 8.68. The van der Waals surface area contributed by atoms with E-state index in [2.05, 4.69) is 11.6 Å². The second-order valence-corrected chi connectivity index (χ2v) is 10.7. The van der Waals surface area contributed by atoms with Gasteiger partial charge in [0.25, 0.3) is 5.56 Å². The SMILES string of the molecule is C=C/C(CC)=C(\C(=C/C)CC)n1c(CCCC)nc(O)c(S(=O)(=O)C2CCC(O)CC2)c1=O. The van der Waals surface area contributed by atoms with E-state index in [9.17, 15) is 23.4 Å². The molecule has 1 aliphatic carbocycles. The van der Waals surface area contributed by atoms with Gasteiger partial charge in [0, 0.05) is 6.42 Å². The molecule has 7 nitrogen and oxygen atoms in total. The number of sulfone groups is 1. The molecule has 0 aromatic carbocycles. The summed E-state index contributed by atoms with van der Waals surface area (Å²) in [4.78, 5) is 17.5. The maximum Gasteiger partial charge on any atom is 0.280 e. The van der Waals surface area contributed by atoms with Crippen LogP contribution < -0.4 is 5.56 Å². The predicted molar refractivity (Wildman–Crippen MR) is 132 cm³/mol. The normalized spacial score (nSPS) is 20.5. The number of allylic oxidation sites excluding steroid dienone is 5. The molecule has 0 amide bonds. The van der Waals surface area contributed by atoms with E-state index in [4.69, 9.17) is 0 Å². The van der Waals surface area contributed by atoms with Gasteiger partial charge in [-0.15, -0.1) is 0 Å². The summed E-state index contributed by atoms with van der Waals surface area (Å²) in [7, 11) is -4.14. The summed E-state index contributed by atoms with van der Waals surface area (Å²) in [6, 6.07) is 0. The van der Waals surface area contributed by atoms with E-state index in [0.29, 0.717) is 43.6 Å². The van der Waals surface area contributed by atoms with Crippen LogP contribution in [0.25, 0.3) is 5.70 Å². The van der Waals surface area contributed by atoms with Gasteiger partial charge < -0.3 is 10.2 Å². The Kier molecular flexibility index (Phi) is 9.67. The lowest BCUT2D eigenvalue weighted by atomic mass is 9.97. The first-order valence-corrected chi connectivity index (χ1v) is 13.5. The Morgan fingerprint density at radius 2 is 1.82 bits per heavy atom. The van der Waals surface area contributed by atoms with E-state index in [-0.39, 0.29) is 12.8 Å². The molecule has 2 rings (SSSR count). The summed E-state index contributed by atoms with van der Waals surface area (Å²) in [5.74, 6) is -0.393. The molecule has 1 heterocycles. The molecule has 8 heteroatoms. The first kappa shape index (κ1) is 27.1. The smallest absolute Gasteiger partial charge is 0.280 e. The zero-order valence-electron chi connectivity index (χ0n) is 20.3. The van der Waals surface area contributed by atoms with Crippen LogP contribution in [-0.4, -0.2) is 39.5 Å². The fourth-order valence-electron chi connectivity index (χ4n) is 4.45. The third kappa shape index (κ3) is 5.66. The quantitative estimate of drug-likeness (QED) is 0.478. The number of aliphatic hydroxyl groups is 1. The maximum atomic E-state index is 13.9. The number of aliphatic hydroxyl groups excluding tert-OH is 1. The second-order valence-electron chi connectivity index (χ2n) is 8.50. The van der Waals surface area contributed by atoms with Gasteiger partial charge in [-0.25, -0.2) is 8.42 Å². The Balaban J connectivity index is 2.90. The van der Waals surface area contributed by atoms with Crippen molar-refractivity contribution < 1.29 is 18.6 Å². The van der Waals surface area contributed by atoms with E-state index in [1.165, 1.54) is 4.57 Å². The Labute approximate surface area is 197 Å². The highest BCUT2D eigenvalue weighted by molar-refractivity contribution is 7.92. The molecule has 0 unspecified atom stereocenters. The lowest BCUT2D eigenvalue weighted by Gasteiger charge is -2.26. The highest BCUT2D eigenvalue weighted by atomic mass is 32.2. The van der Waals surface area contributed by atoms with Crippen molar-refractivity contribution in [3.8, 4) is 5.88 Å². The van der Waals surface area contributed by atoms with Crippen LogP contribution in [0.15, 0.2) is 39.6 Å². The zero-order chi connectivity index (χ0) is 24.8. The average molecular weight is 479 g/mol. The van der Waals surface area contributed by atoms with E-state index < -0.39 is 37.5 Å². The second kappa shape index (κ2) is 11.8. The van der Waals surface area contributed by atoms with Gasteiger partial charge in [-0.3, -0.25) is 9.36 Å². The lowest BCUT2D eigenvalue weighted by Crippen LogP contribution is -2.36. The first-order chi connectivity index (χ1) is 15.7. The summed E-state index contributed by atoms with van der Waals surface area (Å²) in [5, 5.41) is 19.7. The van der Waals surface area contributed by atoms with Crippen molar-refractivity contribution in [2.75, 3.05) is 0 Å². The number of aromatic nitrogens is 2. The molecule has 1 fully saturated rings. The summed E-state index contributed by atoms with van der Waals surface area (Å²) < 4.78 is 28.4. The van der Waals surface area contributed by atoms with Gasteiger partial charge in [0.1, 0.15) is 5.82 Å². The van der Waals surface area contributed by atoms with Crippen molar-refractivity contribution in [2.24, 2.45) is 0 Å². The molecular formula is C25H38N2O5S. The highest BCUT2D eigenvalue weighted by Crippen LogP contribution is 2.33. The van der Waals surface area contributed by atoms with E-state index in [1.54, 1.807) is 6.08 Å². The number of nitrogens with zero attached hydrogens (tertiary/aromatic N) is 2. The molecule has 1 aromatic heterocycles. The molecule has 0 saturated heterocycles. The van der Waals surface area contributed by atoms with E-state index >= 15 is 0 Å². The Hall–Kier alpha value is -2.19. The molecule has 1 aliphatic rings. The zero-order valence-corrected chi connectivity index (χ0v) is 21.1. The van der Waals surface area contributed by atoms with Gasteiger partial charge in [0.2, 0.25) is 5.88 Å². The Morgan fingerprint density at radius 1 is 1.18 bits per heavy atom. The first-order valence-electron chi connectivity index (χ1n) is 12.0. The van der Waals surface area contributed by atoms with Crippen LogP contribution in [-0.2, 0) is 16.3 Å². The number of aryl methyl sites for hydroxylation is 1. The third-order valence-electron chi connectivity index (χ3n) is 6.40. The lowest BCUT2D eigenvalue weighted by molar-refractivity contribution is 0.131. The van der Waals surface area contributed by atoms with Crippen LogP contribution in [0, 0.1) is 0 Å². The summed E-state index contributed by atoms with van der Waals surface area (Å²) in [6.45, 7) is 11.7. The van der Waals surface area contributed by atoms with Crippen LogP contribution >= 0.6 is 0 Å². The predicted octanol–water partition coefficient (Wildman–Crippen LogP) is 4.53. The highest BCUT2D eigenvalue weighted by Gasteiger charge is 2.37. The molecular weight excluding hydrogens is 440 g/mol. The van der Waals surface area contributed by atoms with Crippen molar-refractivity contribution in [1.29, 1.82) is 0 Å². The van der Waals surface area contributed by atoms with Crippen molar-refractivity contribution in [3.05, 3.63) is 46.1 Å². The summed E-state index contributed by atoms with van der Waals surface area (Å²) in [6.07, 6.45) is 7.48. The van der Waals surface area contributed by atoms with E-state index in [0.717, 1.165) is 24.0 Å². The van der Waals surface area contributed by atoms with Gasteiger partial charge in [-0.2, -0.15) is 4.98 Å². The summed E-state index contributed by atoms with van der Waals surface area (Å²) in [5.41, 5.74) is 1.51. The molecule has 1 aromatic rings. The fourth-order valence-corrected chi connectivity index (χ4v) is 6.31. The molecule has 0 radical (unpaired) electrons. The fraction of sp³-hybridized carbons (Fsp3) is 0.600. The minimum absolute atomic E-state index is 0.241. The summed E-state index contributed by atoms with van der Waals surface area (Å²) >= 11 is 0. The number of unbranched alkanes of at least 4 members (excludes halogenated alkanes) is 1. The maximum absolute atomic E-state index is 13.9. The van der Waals surface area contributed by atoms with Crippen LogP contribution in [0.5, 0.6) is 5.88 Å². The van der Waals surface area contributed by atoms with Crippen LogP contribution in [0.2, 0.25) is 0 Å². The number of rotatable bonds is 10. The molecule has 0 aliphatic heterocycles. The Morgan fingerprint density at radius 3 is 2.30 bits per heavy atom. The average Bonchev–Trinajstić information content (AvgIpc) is 2.78. The largest absolute Gasteiger partial charge is 0.492 e. The standard InChI is InChI=1S/C25H38N2O5S/c1-6-11-12-21-26-24(29)23(33(31,32)20-15-13-19(28)14-16-20)25(30)27(21)22(17(7-2)8-3)18(9-4)10-5/h7,9,19-20,28-29H,2,6,8,10-16H2,1,3-5H3/b18-9-,22-17-. The van der Waals surface area contributed by atoms with Crippen molar-refractivity contribution in [2.45, 2.75) is 102 Å². The monoisotopic (exact) mass is 478 g/mol. The molecule has 184 valence electrons. The Bertz CT molecular complexity index is 1070. The van der Waals surface area contributed by atoms with Crippen LogP contribution in [0.3, 0.4) is 0 Å². The van der Waals surface area contributed by atoms with Gasteiger partial charge in [-0.1, -0.05) is 45.9 Å². The molecule has 0 atom stereocenters. The minimum atomic E-state index is -4.14. The topological polar surface area (TPSA) is 109 Å². The van der Waals surface area contributed by atoms with Crippen molar-refractivity contribution >= 4 is 15.5 Å². The van der Waals surface area contributed by atoms with Gasteiger partial charge in [0.15, 0.2) is 14.7 Å². The van der Waals surface area contributed by atoms with E-state index in [1.807, 2.05) is 33.8 Å². The molecule has 0 bridgehead atoms. The van der Waals surface area contributed by atoms with Gasteiger partial charge in [-0.05, 0) is 63.0 Å². The van der Waals surface area contributed by atoms with Crippen molar-refractivity contribution in [3.63, 3.8) is 0 Å². The van der Waals surface area contributed by atoms with Crippen molar-refractivity contribution in [1.82, 2.24) is 9.55 Å². The molecule has 1 saturated carbocycles. The molecule has 0 spiro atoms. The molecule has 2 N–H and O–H groups in total. The minimum Gasteiger partial charge on any atom is -0.492 e. The number of aromatic hydroxyl groups is 1. The number of hydrogen-bond acceptors (Lipinski definition) is 6. The molecule has 33 heavy (non-hydrogen) atoms. The van der Waals surface area contributed by atoms with Gasteiger partial charge in [0.05, 0.1) is 17.1 Å². The van der Waals surface area contributed by atoms with Gasteiger partial charge >= 0.3 is 0 Å². The van der Waals surface area contributed by atoms with Crippen LogP contribution in [0.1, 0.15) is 84.9 Å².